The second-order valence-corrected chi connectivity index (χ2v) is 6.24. The normalized spacial score (nSPS) is 17.9. The molecule has 1 atom stereocenters. The summed E-state index contributed by atoms with van der Waals surface area (Å²) in [5.41, 5.74) is 2.53. The Bertz CT molecular complexity index is 736. The van der Waals surface area contributed by atoms with Gasteiger partial charge in [-0.2, -0.15) is 5.26 Å². The van der Waals surface area contributed by atoms with Gasteiger partial charge < -0.3 is 5.32 Å². The number of piperidine rings is 1. The highest BCUT2D eigenvalue weighted by Gasteiger charge is 2.25. The summed E-state index contributed by atoms with van der Waals surface area (Å²) < 4.78 is 0. The quantitative estimate of drug-likeness (QED) is 0.939. The highest BCUT2D eigenvalue weighted by Crippen LogP contribution is 2.21. The van der Waals surface area contributed by atoms with Crippen molar-refractivity contribution in [2.75, 3.05) is 18.4 Å². The maximum absolute atomic E-state index is 12.5. The van der Waals surface area contributed by atoms with E-state index in [9.17, 15) is 4.79 Å². The first kappa shape index (κ1) is 16.2. The molecular weight excluding hydrogens is 298 g/mol. The maximum Gasteiger partial charge on any atom is 0.228 e. The standard InChI is InChI=1S/C20H21N3O/c21-13-17-8-4-10-19(12-17)22-20(24)18-9-5-11-23(15-18)14-16-6-2-1-3-7-16/h1-4,6-8,10,12,18H,5,9,11,14-15H2,(H,22,24). The van der Waals surface area contributed by atoms with Gasteiger partial charge in [-0.05, 0) is 43.1 Å². The summed E-state index contributed by atoms with van der Waals surface area (Å²) in [5, 5.41) is 11.9. The number of likely N-dealkylation sites (tertiary alicyclic amines) is 1. The van der Waals surface area contributed by atoms with E-state index in [0.717, 1.165) is 32.5 Å². The van der Waals surface area contributed by atoms with Crippen molar-refractivity contribution >= 4 is 11.6 Å². The summed E-state index contributed by atoms with van der Waals surface area (Å²) in [6.45, 7) is 2.69. The van der Waals surface area contributed by atoms with Crippen molar-refractivity contribution in [3.05, 3.63) is 65.7 Å². The van der Waals surface area contributed by atoms with Crippen LogP contribution in [-0.2, 0) is 11.3 Å². The molecule has 122 valence electrons. The number of benzene rings is 2. The Hall–Kier alpha value is -2.64. The molecule has 0 aromatic heterocycles. The van der Waals surface area contributed by atoms with Gasteiger partial charge in [0.1, 0.15) is 0 Å². The van der Waals surface area contributed by atoms with Crippen LogP contribution in [0.4, 0.5) is 5.69 Å². The highest BCUT2D eigenvalue weighted by molar-refractivity contribution is 5.92. The Morgan fingerprint density at radius 3 is 2.83 bits per heavy atom. The zero-order chi connectivity index (χ0) is 16.8. The van der Waals surface area contributed by atoms with E-state index in [0.29, 0.717) is 11.3 Å². The first-order chi connectivity index (χ1) is 11.7. The number of nitriles is 1. The molecular formula is C20H21N3O. The number of rotatable bonds is 4. The van der Waals surface area contributed by atoms with Gasteiger partial charge in [0, 0.05) is 18.8 Å². The van der Waals surface area contributed by atoms with Crippen molar-refractivity contribution in [1.82, 2.24) is 4.90 Å². The summed E-state index contributed by atoms with van der Waals surface area (Å²) >= 11 is 0. The van der Waals surface area contributed by atoms with Gasteiger partial charge in [-0.15, -0.1) is 0 Å². The fraction of sp³-hybridized carbons (Fsp3) is 0.300. The van der Waals surface area contributed by atoms with Crippen LogP contribution < -0.4 is 5.32 Å². The van der Waals surface area contributed by atoms with Crippen molar-refractivity contribution in [2.24, 2.45) is 5.92 Å². The minimum Gasteiger partial charge on any atom is -0.326 e. The summed E-state index contributed by atoms with van der Waals surface area (Å²) in [4.78, 5) is 14.9. The lowest BCUT2D eigenvalue weighted by molar-refractivity contribution is -0.121. The summed E-state index contributed by atoms with van der Waals surface area (Å²) in [6.07, 6.45) is 1.94. The number of hydrogen-bond donors (Lipinski definition) is 1. The van der Waals surface area contributed by atoms with Crippen LogP contribution in [0.5, 0.6) is 0 Å². The lowest BCUT2D eigenvalue weighted by Crippen LogP contribution is -2.40. The topological polar surface area (TPSA) is 56.1 Å². The van der Waals surface area contributed by atoms with E-state index in [4.69, 9.17) is 5.26 Å². The van der Waals surface area contributed by atoms with Crippen molar-refractivity contribution in [3.63, 3.8) is 0 Å². The molecule has 3 rings (SSSR count). The molecule has 1 aliphatic heterocycles. The minimum absolute atomic E-state index is 0.00629. The molecule has 1 saturated heterocycles. The Kier molecular flexibility index (Phi) is 5.25. The molecule has 1 fully saturated rings. The fourth-order valence-corrected chi connectivity index (χ4v) is 3.17. The first-order valence-corrected chi connectivity index (χ1v) is 8.32. The van der Waals surface area contributed by atoms with Gasteiger partial charge in [-0.25, -0.2) is 0 Å². The van der Waals surface area contributed by atoms with E-state index in [1.165, 1.54) is 5.56 Å². The van der Waals surface area contributed by atoms with E-state index in [-0.39, 0.29) is 11.8 Å². The van der Waals surface area contributed by atoms with E-state index < -0.39 is 0 Å². The Morgan fingerprint density at radius 2 is 2.04 bits per heavy atom. The number of carbonyl (C=O) groups excluding carboxylic acids is 1. The average molecular weight is 319 g/mol. The predicted octanol–water partition coefficient (Wildman–Crippen LogP) is 3.41. The van der Waals surface area contributed by atoms with Crippen LogP contribution in [0.15, 0.2) is 54.6 Å². The number of nitrogens with one attached hydrogen (secondary N) is 1. The second kappa shape index (κ2) is 7.76. The third-order valence-electron chi connectivity index (χ3n) is 4.38. The third-order valence-corrected chi connectivity index (χ3v) is 4.38. The van der Waals surface area contributed by atoms with E-state index >= 15 is 0 Å². The molecule has 0 saturated carbocycles. The maximum atomic E-state index is 12.5. The molecule has 4 heteroatoms. The molecule has 4 nitrogen and oxygen atoms in total. The molecule has 0 bridgehead atoms. The third kappa shape index (κ3) is 4.21. The summed E-state index contributed by atoms with van der Waals surface area (Å²) in [7, 11) is 0. The second-order valence-electron chi connectivity index (χ2n) is 6.24. The van der Waals surface area contributed by atoms with Gasteiger partial charge in [0.15, 0.2) is 0 Å². The first-order valence-electron chi connectivity index (χ1n) is 8.32. The van der Waals surface area contributed by atoms with Crippen LogP contribution in [0.3, 0.4) is 0 Å². The van der Waals surface area contributed by atoms with Crippen LogP contribution in [0, 0.1) is 17.2 Å². The number of hydrogen-bond acceptors (Lipinski definition) is 3. The van der Waals surface area contributed by atoms with Crippen molar-refractivity contribution in [3.8, 4) is 6.07 Å². The van der Waals surface area contributed by atoms with Gasteiger partial charge in [0.2, 0.25) is 5.91 Å². The zero-order valence-corrected chi connectivity index (χ0v) is 13.6. The monoisotopic (exact) mass is 319 g/mol. The van der Waals surface area contributed by atoms with Crippen molar-refractivity contribution in [2.45, 2.75) is 19.4 Å². The molecule has 1 N–H and O–H groups in total. The van der Waals surface area contributed by atoms with E-state index in [2.05, 4.69) is 28.4 Å². The number of carbonyl (C=O) groups is 1. The van der Waals surface area contributed by atoms with Crippen LogP contribution in [0.2, 0.25) is 0 Å². The minimum atomic E-state index is -0.00629. The van der Waals surface area contributed by atoms with Crippen molar-refractivity contribution < 1.29 is 4.79 Å². The molecule has 0 spiro atoms. The number of amides is 1. The van der Waals surface area contributed by atoms with Crippen molar-refractivity contribution in [1.29, 1.82) is 5.26 Å². The zero-order valence-electron chi connectivity index (χ0n) is 13.6. The van der Waals surface area contributed by atoms with Crippen LogP contribution >= 0.6 is 0 Å². The Balaban J connectivity index is 1.59. The van der Waals surface area contributed by atoms with E-state index in [1.807, 2.05) is 24.3 Å². The van der Waals surface area contributed by atoms with E-state index in [1.54, 1.807) is 18.2 Å². The SMILES string of the molecule is N#Cc1cccc(NC(=O)C2CCCN(Cc3ccccc3)C2)c1. The number of anilines is 1. The van der Waals surface area contributed by atoms with Gasteiger partial charge in [0.25, 0.3) is 0 Å². The smallest absolute Gasteiger partial charge is 0.228 e. The Morgan fingerprint density at radius 1 is 1.21 bits per heavy atom. The molecule has 1 aliphatic rings. The Labute approximate surface area is 142 Å². The van der Waals surface area contributed by atoms with Crippen LogP contribution in [0.1, 0.15) is 24.0 Å². The molecule has 1 amide bonds. The van der Waals surface area contributed by atoms with Crippen LogP contribution in [0.25, 0.3) is 0 Å². The fourth-order valence-electron chi connectivity index (χ4n) is 3.17. The van der Waals surface area contributed by atoms with Gasteiger partial charge in [-0.3, -0.25) is 9.69 Å². The van der Waals surface area contributed by atoms with Gasteiger partial charge in [-0.1, -0.05) is 36.4 Å². The molecule has 2 aromatic carbocycles. The molecule has 24 heavy (non-hydrogen) atoms. The lowest BCUT2D eigenvalue weighted by atomic mass is 9.96. The van der Waals surface area contributed by atoms with Gasteiger partial charge in [0.05, 0.1) is 17.6 Å². The average Bonchev–Trinajstić information content (AvgIpc) is 2.63. The van der Waals surface area contributed by atoms with Gasteiger partial charge >= 0.3 is 0 Å². The molecule has 2 aromatic rings. The van der Waals surface area contributed by atoms with Crippen LogP contribution in [-0.4, -0.2) is 23.9 Å². The number of nitrogens with zero attached hydrogens (tertiary/aromatic N) is 2. The highest BCUT2D eigenvalue weighted by atomic mass is 16.1. The molecule has 1 heterocycles. The largest absolute Gasteiger partial charge is 0.326 e. The molecule has 1 unspecified atom stereocenters. The molecule has 0 radical (unpaired) electrons. The summed E-state index contributed by atoms with van der Waals surface area (Å²) in [6, 6.07) is 19.5. The lowest BCUT2D eigenvalue weighted by Gasteiger charge is -2.32. The predicted molar refractivity (Wildman–Crippen MR) is 94.2 cm³/mol. The molecule has 0 aliphatic carbocycles. The summed E-state index contributed by atoms with van der Waals surface area (Å²) in [5.74, 6) is 0.0380.